The third-order valence-corrected chi connectivity index (χ3v) is 4.22. The van der Waals surface area contributed by atoms with E-state index in [1.54, 1.807) is 0 Å². The molecular formula is C13H20BrNS. The topological polar surface area (TPSA) is 12.0 Å². The number of rotatable bonds is 6. The molecule has 0 aromatic heterocycles. The minimum absolute atomic E-state index is 0.563. The maximum Gasteiger partial charge on any atom is 0.0195 e. The standard InChI is InChI=1S/C13H20BrNS/c1-10(2)16-9-13(15-3)8-11-4-6-12(14)7-5-11/h4-7,10,13,15H,8-9H2,1-3H3. The average Bonchev–Trinajstić information content (AvgIpc) is 2.26. The highest BCUT2D eigenvalue weighted by molar-refractivity contribution is 9.10. The van der Waals surface area contributed by atoms with E-state index < -0.39 is 0 Å². The number of benzene rings is 1. The zero-order chi connectivity index (χ0) is 12.0. The van der Waals surface area contributed by atoms with Crippen LogP contribution in [0.5, 0.6) is 0 Å². The summed E-state index contributed by atoms with van der Waals surface area (Å²) in [7, 11) is 2.05. The molecule has 0 aliphatic rings. The number of nitrogens with one attached hydrogen (secondary N) is 1. The van der Waals surface area contributed by atoms with Crippen LogP contribution < -0.4 is 5.32 Å². The monoisotopic (exact) mass is 301 g/mol. The van der Waals surface area contributed by atoms with Gasteiger partial charge in [0.25, 0.3) is 0 Å². The van der Waals surface area contributed by atoms with E-state index in [4.69, 9.17) is 0 Å². The molecule has 1 N–H and O–H groups in total. The van der Waals surface area contributed by atoms with Crippen molar-refractivity contribution >= 4 is 27.7 Å². The fourth-order valence-corrected chi connectivity index (χ4v) is 2.62. The lowest BCUT2D eigenvalue weighted by Crippen LogP contribution is -2.30. The number of halogens is 1. The molecule has 0 amide bonds. The van der Waals surface area contributed by atoms with E-state index in [0.717, 1.165) is 10.9 Å². The van der Waals surface area contributed by atoms with Crippen molar-refractivity contribution in [3.63, 3.8) is 0 Å². The zero-order valence-corrected chi connectivity index (χ0v) is 12.6. The molecule has 1 nitrogen and oxygen atoms in total. The van der Waals surface area contributed by atoms with Crippen molar-refractivity contribution < 1.29 is 0 Å². The molecule has 0 spiro atoms. The normalized spacial score (nSPS) is 13.1. The summed E-state index contributed by atoms with van der Waals surface area (Å²) in [6.07, 6.45) is 1.10. The molecule has 90 valence electrons. The van der Waals surface area contributed by atoms with Gasteiger partial charge in [-0.25, -0.2) is 0 Å². The Morgan fingerprint density at radius 1 is 1.25 bits per heavy atom. The molecule has 16 heavy (non-hydrogen) atoms. The smallest absolute Gasteiger partial charge is 0.0195 e. The lowest BCUT2D eigenvalue weighted by Gasteiger charge is -2.17. The van der Waals surface area contributed by atoms with E-state index in [0.29, 0.717) is 11.3 Å². The van der Waals surface area contributed by atoms with Crippen LogP contribution in [0.4, 0.5) is 0 Å². The predicted molar refractivity (Wildman–Crippen MR) is 78.3 cm³/mol. The second-order valence-corrected chi connectivity index (χ2v) is 6.72. The van der Waals surface area contributed by atoms with Crippen LogP contribution in [0, 0.1) is 0 Å². The van der Waals surface area contributed by atoms with Crippen LogP contribution in [-0.2, 0) is 6.42 Å². The Labute approximate surface area is 112 Å². The average molecular weight is 302 g/mol. The molecule has 0 saturated carbocycles. The Morgan fingerprint density at radius 3 is 2.38 bits per heavy atom. The van der Waals surface area contributed by atoms with Gasteiger partial charge in [-0.1, -0.05) is 41.9 Å². The number of likely N-dealkylation sites (N-methyl/N-ethyl adjacent to an activating group) is 1. The lowest BCUT2D eigenvalue weighted by atomic mass is 10.1. The van der Waals surface area contributed by atoms with E-state index in [1.165, 1.54) is 11.3 Å². The van der Waals surface area contributed by atoms with Gasteiger partial charge in [0, 0.05) is 16.3 Å². The van der Waals surface area contributed by atoms with Crippen LogP contribution in [0.15, 0.2) is 28.7 Å². The summed E-state index contributed by atoms with van der Waals surface area (Å²) in [5.74, 6) is 1.17. The summed E-state index contributed by atoms with van der Waals surface area (Å²) in [5.41, 5.74) is 1.40. The van der Waals surface area contributed by atoms with E-state index in [1.807, 2.05) is 18.8 Å². The molecular weight excluding hydrogens is 282 g/mol. The van der Waals surface area contributed by atoms with Gasteiger partial charge in [-0.3, -0.25) is 0 Å². The van der Waals surface area contributed by atoms with Gasteiger partial charge >= 0.3 is 0 Å². The van der Waals surface area contributed by atoms with Crippen LogP contribution >= 0.6 is 27.7 Å². The summed E-state index contributed by atoms with van der Waals surface area (Å²) in [6.45, 7) is 4.49. The Balaban J connectivity index is 2.46. The Hall–Kier alpha value is 0.01000. The van der Waals surface area contributed by atoms with Gasteiger partial charge in [0.05, 0.1) is 0 Å². The van der Waals surface area contributed by atoms with Crippen LogP contribution in [0.2, 0.25) is 0 Å². The van der Waals surface area contributed by atoms with Crippen LogP contribution in [0.3, 0.4) is 0 Å². The molecule has 0 heterocycles. The maximum absolute atomic E-state index is 3.46. The molecule has 0 aliphatic carbocycles. The molecule has 0 bridgehead atoms. The fraction of sp³-hybridized carbons (Fsp3) is 0.538. The molecule has 0 radical (unpaired) electrons. The quantitative estimate of drug-likeness (QED) is 0.859. The van der Waals surface area contributed by atoms with Gasteiger partial charge in [0.15, 0.2) is 0 Å². The SMILES string of the molecule is CNC(CSC(C)C)Cc1ccc(Br)cc1. The number of hydrogen-bond acceptors (Lipinski definition) is 2. The minimum atomic E-state index is 0.563. The highest BCUT2D eigenvalue weighted by Crippen LogP contribution is 2.15. The molecule has 0 saturated heterocycles. The maximum atomic E-state index is 3.46. The van der Waals surface area contributed by atoms with E-state index in [2.05, 4.69) is 59.4 Å². The summed E-state index contributed by atoms with van der Waals surface area (Å²) in [6, 6.07) is 9.16. The van der Waals surface area contributed by atoms with Gasteiger partial charge in [-0.05, 0) is 36.4 Å². The first-order valence-electron chi connectivity index (χ1n) is 5.65. The van der Waals surface area contributed by atoms with Gasteiger partial charge in [-0.2, -0.15) is 11.8 Å². The van der Waals surface area contributed by atoms with Crippen molar-refractivity contribution in [2.45, 2.75) is 31.6 Å². The first kappa shape index (κ1) is 14.1. The highest BCUT2D eigenvalue weighted by Gasteiger charge is 2.08. The van der Waals surface area contributed by atoms with Gasteiger partial charge < -0.3 is 5.32 Å². The van der Waals surface area contributed by atoms with Crippen molar-refractivity contribution in [2.75, 3.05) is 12.8 Å². The van der Waals surface area contributed by atoms with Crippen molar-refractivity contribution in [2.24, 2.45) is 0 Å². The second-order valence-electron chi connectivity index (χ2n) is 4.20. The van der Waals surface area contributed by atoms with Crippen LogP contribution in [0.1, 0.15) is 19.4 Å². The first-order chi connectivity index (χ1) is 7.61. The minimum Gasteiger partial charge on any atom is -0.316 e. The zero-order valence-electron chi connectivity index (χ0n) is 10.2. The van der Waals surface area contributed by atoms with Crippen molar-refractivity contribution in [3.05, 3.63) is 34.3 Å². The molecule has 3 heteroatoms. The Kier molecular flexibility index (Phi) is 6.47. The van der Waals surface area contributed by atoms with Crippen LogP contribution in [0.25, 0.3) is 0 Å². The summed E-state index contributed by atoms with van der Waals surface area (Å²) < 4.78 is 1.15. The number of thioether (sulfide) groups is 1. The molecule has 0 fully saturated rings. The third-order valence-electron chi connectivity index (χ3n) is 2.43. The lowest BCUT2D eigenvalue weighted by molar-refractivity contribution is 0.616. The Bertz CT molecular complexity index is 297. The largest absolute Gasteiger partial charge is 0.316 e. The molecule has 1 atom stereocenters. The molecule has 0 aliphatic heterocycles. The van der Waals surface area contributed by atoms with Crippen LogP contribution in [-0.4, -0.2) is 24.1 Å². The van der Waals surface area contributed by atoms with E-state index >= 15 is 0 Å². The van der Waals surface area contributed by atoms with E-state index in [-0.39, 0.29) is 0 Å². The molecule has 1 rings (SSSR count). The first-order valence-corrected chi connectivity index (χ1v) is 7.49. The highest BCUT2D eigenvalue weighted by atomic mass is 79.9. The summed E-state index contributed by atoms with van der Waals surface area (Å²) in [5, 5.41) is 4.10. The van der Waals surface area contributed by atoms with Gasteiger partial charge in [0.2, 0.25) is 0 Å². The van der Waals surface area contributed by atoms with Gasteiger partial charge in [0.1, 0.15) is 0 Å². The summed E-state index contributed by atoms with van der Waals surface area (Å²) in [4.78, 5) is 0. The predicted octanol–water partition coefficient (Wildman–Crippen LogP) is 3.72. The van der Waals surface area contributed by atoms with Crippen molar-refractivity contribution in [1.82, 2.24) is 5.32 Å². The number of hydrogen-bond donors (Lipinski definition) is 1. The third kappa shape index (κ3) is 5.37. The molecule has 1 aromatic carbocycles. The summed E-state index contributed by atoms with van der Waals surface area (Å²) >= 11 is 5.47. The van der Waals surface area contributed by atoms with Gasteiger partial charge in [-0.15, -0.1) is 0 Å². The van der Waals surface area contributed by atoms with Crippen molar-refractivity contribution in [3.8, 4) is 0 Å². The van der Waals surface area contributed by atoms with Crippen molar-refractivity contribution in [1.29, 1.82) is 0 Å². The fourth-order valence-electron chi connectivity index (χ4n) is 1.46. The Morgan fingerprint density at radius 2 is 1.88 bits per heavy atom. The van der Waals surface area contributed by atoms with E-state index in [9.17, 15) is 0 Å². The molecule has 1 unspecified atom stereocenters. The second kappa shape index (κ2) is 7.36. The molecule has 1 aromatic rings.